The first-order valence-corrected chi connectivity index (χ1v) is 11.4. The number of rotatable bonds is 6. The largest absolute Gasteiger partial charge is 0.496 e. The van der Waals surface area contributed by atoms with Gasteiger partial charge in [-0.25, -0.2) is 23.5 Å². The Kier molecular flexibility index (Phi) is 7.69. The Morgan fingerprint density at radius 1 is 1.22 bits per heavy atom. The molecular formula is C24H22ClF2N5O5. The van der Waals surface area contributed by atoms with Crippen molar-refractivity contribution in [2.45, 2.75) is 6.04 Å². The van der Waals surface area contributed by atoms with Crippen LogP contribution in [-0.4, -0.2) is 76.5 Å². The highest BCUT2D eigenvalue weighted by Gasteiger charge is 2.31. The Morgan fingerprint density at radius 3 is 2.70 bits per heavy atom. The van der Waals surface area contributed by atoms with Gasteiger partial charge in [0.25, 0.3) is 5.91 Å². The lowest BCUT2D eigenvalue weighted by Gasteiger charge is -2.40. The molecule has 2 aromatic carbocycles. The van der Waals surface area contributed by atoms with Crippen molar-refractivity contribution >= 4 is 35.0 Å². The van der Waals surface area contributed by atoms with E-state index in [1.54, 1.807) is 4.90 Å². The standard InChI is InChI=1S/C24H22ClF2N5O5/c1-37-20-4-2-3-15(26)21(20)22-28-6-5-17(29-22)23(34)30-18-10-16(27)14(25)9-19(18)31-7-8-32(24(35)36)13(11-31)12-33/h2-6,9-10,13,33H,7-8,11-12H2,1H3,(H,30,34)(H,35,36)/t13-/m0/s1. The van der Waals surface area contributed by atoms with Crippen LogP contribution in [0.25, 0.3) is 11.4 Å². The molecule has 4 rings (SSSR count). The summed E-state index contributed by atoms with van der Waals surface area (Å²) in [4.78, 5) is 35.6. The molecule has 13 heteroatoms. The number of ether oxygens (including phenoxy) is 1. The molecule has 2 heterocycles. The van der Waals surface area contributed by atoms with Crippen molar-refractivity contribution < 1.29 is 33.3 Å². The fraction of sp³-hybridized carbons (Fsp3) is 0.250. The lowest BCUT2D eigenvalue weighted by Crippen LogP contribution is -2.56. The van der Waals surface area contributed by atoms with Gasteiger partial charge in [0.15, 0.2) is 5.82 Å². The minimum Gasteiger partial charge on any atom is -0.496 e. The molecule has 1 aliphatic heterocycles. The van der Waals surface area contributed by atoms with Crippen LogP contribution in [0.3, 0.4) is 0 Å². The number of carboxylic acid groups (broad SMARTS) is 1. The average molecular weight is 534 g/mol. The SMILES string of the molecule is COc1cccc(F)c1-c1nccc(C(=O)Nc2cc(F)c(Cl)cc2N2CCN(C(=O)O)[C@H](CO)C2)n1. The zero-order valence-electron chi connectivity index (χ0n) is 19.5. The third kappa shape index (κ3) is 5.39. The van der Waals surface area contributed by atoms with Gasteiger partial charge < -0.3 is 25.2 Å². The summed E-state index contributed by atoms with van der Waals surface area (Å²) in [6.45, 7) is -0.0674. The molecule has 10 nitrogen and oxygen atoms in total. The Morgan fingerprint density at radius 2 is 2.00 bits per heavy atom. The van der Waals surface area contributed by atoms with Gasteiger partial charge >= 0.3 is 6.09 Å². The van der Waals surface area contributed by atoms with Crippen LogP contribution in [0.5, 0.6) is 5.75 Å². The van der Waals surface area contributed by atoms with Gasteiger partial charge in [0, 0.05) is 31.9 Å². The van der Waals surface area contributed by atoms with E-state index < -0.39 is 36.3 Å². The number of hydrogen-bond donors (Lipinski definition) is 3. The predicted molar refractivity (Wildman–Crippen MR) is 131 cm³/mol. The van der Waals surface area contributed by atoms with Crippen molar-refractivity contribution in [2.75, 3.05) is 43.6 Å². The molecule has 1 atom stereocenters. The van der Waals surface area contributed by atoms with Crippen molar-refractivity contribution in [1.82, 2.24) is 14.9 Å². The van der Waals surface area contributed by atoms with Gasteiger partial charge in [0.2, 0.25) is 0 Å². The van der Waals surface area contributed by atoms with Crippen molar-refractivity contribution in [3.8, 4) is 17.1 Å². The third-order valence-electron chi connectivity index (χ3n) is 5.87. The molecule has 1 fully saturated rings. The van der Waals surface area contributed by atoms with Gasteiger partial charge in [-0.05, 0) is 24.3 Å². The number of nitrogens with zero attached hydrogens (tertiary/aromatic N) is 4. The van der Waals surface area contributed by atoms with Gasteiger partial charge in [-0.15, -0.1) is 0 Å². The summed E-state index contributed by atoms with van der Waals surface area (Å²) in [5.41, 5.74) is 0.231. The lowest BCUT2D eigenvalue weighted by atomic mass is 10.1. The molecule has 194 valence electrons. The number of nitrogens with one attached hydrogen (secondary N) is 1. The quantitative estimate of drug-likeness (QED) is 0.439. The Labute approximate surface area is 215 Å². The van der Waals surface area contributed by atoms with Crippen molar-refractivity contribution in [2.24, 2.45) is 0 Å². The number of halogens is 3. The van der Waals surface area contributed by atoms with Crippen LogP contribution in [0.4, 0.5) is 25.0 Å². The number of aliphatic hydroxyl groups is 1. The molecule has 0 saturated carbocycles. The molecule has 0 radical (unpaired) electrons. The predicted octanol–water partition coefficient (Wildman–Crippen LogP) is 3.50. The second-order valence-corrected chi connectivity index (χ2v) is 8.49. The number of aliphatic hydroxyl groups excluding tert-OH is 1. The molecule has 3 N–H and O–H groups in total. The van der Waals surface area contributed by atoms with Crippen LogP contribution < -0.4 is 15.0 Å². The maximum atomic E-state index is 14.5. The molecule has 1 aromatic heterocycles. The van der Waals surface area contributed by atoms with Crippen LogP contribution in [-0.2, 0) is 0 Å². The second kappa shape index (κ2) is 10.9. The molecule has 1 aliphatic rings. The molecule has 0 aliphatic carbocycles. The number of carbonyl (C=O) groups is 2. The normalized spacial score (nSPS) is 15.4. The lowest BCUT2D eigenvalue weighted by molar-refractivity contribution is 0.0911. The molecular weight excluding hydrogens is 512 g/mol. The smallest absolute Gasteiger partial charge is 0.407 e. The number of hydrogen-bond acceptors (Lipinski definition) is 7. The first-order valence-electron chi connectivity index (χ1n) is 11.0. The van der Waals surface area contributed by atoms with E-state index in [0.29, 0.717) is 5.69 Å². The minimum atomic E-state index is -1.17. The number of anilines is 2. The van der Waals surface area contributed by atoms with Gasteiger partial charge in [-0.1, -0.05) is 17.7 Å². The summed E-state index contributed by atoms with van der Waals surface area (Å²) in [7, 11) is 1.36. The van der Waals surface area contributed by atoms with Gasteiger partial charge in [-0.2, -0.15) is 0 Å². The van der Waals surface area contributed by atoms with Crippen LogP contribution in [0, 0.1) is 11.6 Å². The van der Waals surface area contributed by atoms with Gasteiger partial charge in [0.05, 0.1) is 41.7 Å². The topological polar surface area (TPSA) is 128 Å². The first kappa shape index (κ1) is 26.0. The molecule has 2 amide bonds. The summed E-state index contributed by atoms with van der Waals surface area (Å²) in [5, 5.41) is 21.4. The van der Waals surface area contributed by atoms with Crippen molar-refractivity contribution in [3.05, 3.63) is 64.9 Å². The van der Waals surface area contributed by atoms with Gasteiger partial charge in [0.1, 0.15) is 23.1 Å². The van der Waals surface area contributed by atoms with E-state index in [1.165, 1.54) is 43.6 Å². The number of carbonyl (C=O) groups excluding carboxylic acids is 1. The molecule has 1 saturated heterocycles. The fourth-order valence-electron chi connectivity index (χ4n) is 4.06. The van der Waals surface area contributed by atoms with Crippen molar-refractivity contribution in [1.29, 1.82) is 0 Å². The van der Waals surface area contributed by atoms with Crippen LogP contribution >= 0.6 is 11.6 Å². The number of piperazine rings is 1. The van der Waals surface area contributed by atoms with E-state index in [-0.39, 0.29) is 53.2 Å². The van der Waals surface area contributed by atoms with E-state index >= 15 is 0 Å². The first-order chi connectivity index (χ1) is 17.7. The summed E-state index contributed by atoms with van der Waals surface area (Å²) >= 11 is 6.00. The van der Waals surface area contributed by atoms with E-state index in [2.05, 4.69) is 15.3 Å². The van der Waals surface area contributed by atoms with Crippen LogP contribution in [0.1, 0.15) is 10.5 Å². The zero-order chi connectivity index (χ0) is 26.7. The maximum absolute atomic E-state index is 14.5. The number of aromatic nitrogens is 2. The highest BCUT2D eigenvalue weighted by molar-refractivity contribution is 6.31. The second-order valence-electron chi connectivity index (χ2n) is 8.08. The van der Waals surface area contributed by atoms with Crippen LogP contribution in [0.15, 0.2) is 42.6 Å². The number of amides is 2. The molecule has 0 bridgehead atoms. The summed E-state index contributed by atoms with van der Waals surface area (Å²) in [6.07, 6.45) is 0.110. The fourth-order valence-corrected chi connectivity index (χ4v) is 4.22. The maximum Gasteiger partial charge on any atom is 0.407 e. The van der Waals surface area contributed by atoms with E-state index in [4.69, 9.17) is 16.3 Å². The van der Waals surface area contributed by atoms with E-state index in [1.807, 2.05) is 0 Å². The van der Waals surface area contributed by atoms with E-state index in [9.17, 15) is 28.6 Å². The highest BCUT2D eigenvalue weighted by Crippen LogP contribution is 2.34. The molecule has 3 aromatic rings. The van der Waals surface area contributed by atoms with Crippen molar-refractivity contribution in [3.63, 3.8) is 0 Å². The average Bonchev–Trinajstić information content (AvgIpc) is 2.89. The monoisotopic (exact) mass is 533 g/mol. The molecule has 0 unspecified atom stereocenters. The summed E-state index contributed by atoms with van der Waals surface area (Å²) in [6, 6.07) is 7.12. The third-order valence-corrected chi connectivity index (χ3v) is 6.16. The molecule has 37 heavy (non-hydrogen) atoms. The summed E-state index contributed by atoms with van der Waals surface area (Å²) in [5.74, 6) is -2.06. The van der Waals surface area contributed by atoms with E-state index in [0.717, 1.165) is 11.0 Å². The highest BCUT2D eigenvalue weighted by atomic mass is 35.5. The number of methoxy groups -OCH3 is 1. The van der Waals surface area contributed by atoms with Gasteiger partial charge in [-0.3, -0.25) is 9.69 Å². The summed E-state index contributed by atoms with van der Waals surface area (Å²) < 4.78 is 34.1. The Balaban J connectivity index is 1.64. The minimum absolute atomic E-state index is 0.0239. The Hall–Kier alpha value is -4.03. The number of benzene rings is 2. The molecule has 0 spiro atoms. The Bertz CT molecular complexity index is 1340. The van der Waals surface area contributed by atoms with Crippen LogP contribution in [0.2, 0.25) is 5.02 Å². The zero-order valence-corrected chi connectivity index (χ0v) is 20.2.